The summed E-state index contributed by atoms with van der Waals surface area (Å²) in [5, 5.41) is 8.92. The van der Waals surface area contributed by atoms with Gasteiger partial charge in [-0.1, -0.05) is 103 Å². The van der Waals surface area contributed by atoms with Crippen LogP contribution in [0.15, 0.2) is 0 Å². The average Bonchev–Trinajstić information content (AvgIpc) is 2.50. The number of halogens is 1. The molecule has 25 heavy (non-hydrogen) atoms. The molecule has 2 rings (SSSR count). The van der Waals surface area contributed by atoms with E-state index in [1.165, 1.54) is 103 Å². The number of rotatable bonds is 7. The maximum atomic E-state index is 10.8. The monoisotopic (exact) mass is 372 g/mol. The molecule has 2 aliphatic carbocycles. The lowest BCUT2D eigenvalue weighted by Gasteiger charge is -2.32. The molecule has 148 valence electrons. The molecule has 0 aromatic heterocycles. The van der Waals surface area contributed by atoms with Crippen LogP contribution in [0.3, 0.4) is 0 Å². The van der Waals surface area contributed by atoms with Crippen LogP contribution >= 0.6 is 12.4 Å². The molecule has 2 fully saturated rings. The average molecular weight is 373 g/mol. The zero-order valence-corrected chi connectivity index (χ0v) is 17.0. The Morgan fingerprint density at radius 3 is 1.60 bits per heavy atom. The van der Waals surface area contributed by atoms with Gasteiger partial charge >= 0.3 is 5.97 Å². The molecule has 2 aliphatic rings. The van der Waals surface area contributed by atoms with E-state index in [-0.39, 0.29) is 18.3 Å². The van der Waals surface area contributed by atoms with Crippen molar-refractivity contribution in [2.75, 3.05) is 0 Å². The molecule has 3 heteroatoms. The van der Waals surface area contributed by atoms with Crippen LogP contribution < -0.4 is 0 Å². The Bertz CT molecular complexity index is 327. The lowest BCUT2D eigenvalue weighted by atomic mass is 9.72. The van der Waals surface area contributed by atoms with Crippen LogP contribution in [0.4, 0.5) is 0 Å². The molecule has 0 saturated heterocycles. The number of carboxylic acids is 1. The Morgan fingerprint density at radius 1 is 0.680 bits per heavy atom. The van der Waals surface area contributed by atoms with Gasteiger partial charge in [0, 0.05) is 0 Å². The van der Waals surface area contributed by atoms with Crippen LogP contribution in [0, 0.1) is 17.8 Å². The van der Waals surface area contributed by atoms with Gasteiger partial charge in [-0.25, -0.2) is 0 Å². The van der Waals surface area contributed by atoms with E-state index in [0.717, 1.165) is 18.8 Å². The van der Waals surface area contributed by atoms with Gasteiger partial charge in [-0.2, -0.15) is 0 Å². The number of aliphatic carboxylic acids is 1. The van der Waals surface area contributed by atoms with Crippen LogP contribution in [0.5, 0.6) is 0 Å². The molecule has 2 saturated carbocycles. The molecule has 0 aromatic rings. The molecular formula is C22H41ClO2. The molecule has 0 bridgehead atoms. The molecule has 1 N–H and O–H groups in total. The van der Waals surface area contributed by atoms with Gasteiger partial charge in [0.15, 0.2) is 0 Å². The normalized spacial score (nSPS) is 26.6. The summed E-state index contributed by atoms with van der Waals surface area (Å²) in [5.74, 6) is 1.11. The van der Waals surface area contributed by atoms with Crippen molar-refractivity contribution in [1.29, 1.82) is 0 Å². The Morgan fingerprint density at radius 2 is 1.12 bits per heavy atom. The van der Waals surface area contributed by atoms with Gasteiger partial charge in [0.25, 0.3) is 0 Å². The minimum atomic E-state index is -0.575. The second-order valence-corrected chi connectivity index (χ2v) is 8.64. The third kappa shape index (κ3) is 9.87. The molecule has 0 unspecified atom stereocenters. The fourth-order valence-corrected chi connectivity index (χ4v) is 4.75. The second-order valence-electron chi connectivity index (χ2n) is 8.64. The van der Waals surface area contributed by atoms with Crippen molar-refractivity contribution >= 4 is 18.4 Å². The Balaban J connectivity index is 0.00000312. The SMILES string of the molecule is Cl.O=C(O)C1CC(CCCCCC2CCCCCCCCCCC2)C1. The highest BCUT2D eigenvalue weighted by molar-refractivity contribution is 5.85. The largest absolute Gasteiger partial charge is 0.481 e. The molecule has 0 aromatic carbocycles. The Kier molecular flexibility index (Phi) is 12.7. The van der Waals surface area contributed by atoms with Crippen molar-refractivity contribution in [1.82, 2.24) is 0 Å². The summed E-state index contributed by atoms with van der Waals surface area (Å²) in [5.41, 5.74) is 0. The predicted octanol–water partition coefficient (Wildman–Crippen LogP) is 7.39. The number of carbonyl (C=O) groups is 1. The lowest BCUT2D eigenvalue weighted by molar-refractivity contribution is -0.146. The van der Waals surface area contributed by atoms with Crippen molar-refractivity contribution in [2.24, 2.45) is 17.8 Å². The van der Waals surface area contributed by atoms with E-state index in [1.54, 1.807) is 0 Å². The molecule has 0 radical (unpaired) electrons. The van der Waals surface area contributed by atoms with Crippen molar-refractivity contribution < 1.29 is 9.90 Å². The number of carboxylic acid groups (broad SMARTS) is 1. The fraction of sp³-hybridized carbons (Fsp3) is 0.955. The molecular weight excluding hydrogens is 332 g/mol. The minimum absolute atomic E-state index is 0. The summed E-state index contributed by atoms with van der Waals surface area (Å²) >= 11 is 0. The number of hydrogen-bond donors (Lipinski definition) is 1. The Labute approximate surface area is 162 Å². The van der Waals surface area contributed by atoms with E-state index in [2.05, 4.69) is 0 Å². The second kappa shape index (κ2) is 13.9. The number of hydrogen-bond acceptors (Lipinski definition) is 1. The van der Waals surface area contributed by atoms with E-state index in [4.69, 9.17) is 5.11 Å². The summed E-state index contributed by atoms with van der Waals surface area (Å²) in [4.78, 5) is 10.8. The highest BCUT2D eigenvalue weighted by atomic mass is 35.5. The van der Waals surface area contributed by atoms with Gasteiger partial charge in [-0.3, -0.25) is 4.79 Å². The first kappa shape index (κ1) is 22.8. The first-order chi connectivity index (χ1) is 11.8. The van der Waals surface area contributed by atoms with Crippen molar-refractivity contribution in [3.8, 4) is 0 Å². The molecule has 0 heterocycles. The maximum absolute atomic E-state index is 10.8. The molecule has 0 atom stereocenters. The van der Waals surface area contributed by atoms with Crippen LogP contribution in [-0.2, 0) is 4.79 Å². The third-order valence-electron chi connectivity index (χ3n) is 6.53. The van der Waals surface area contributed by atoms with Crippen molar-refractivity contribution in [3.05, 3.63) is 0 Å². The van der Waals surface area contributed by atoms with Crippen LogP contribution in [0.2, 0.25) is 0 Å². The zero-order valence-electron chi connectivity index (χ0n) is 16.2. The maximum Gasteiger partial charge on any atom is 0.306 e. The fourth-order valence-electron chi connectivity index (χ4n) is 4.75. The lowest BCUT2D eigenvalue weighted by Crippen LogP contribution is -2.30. The highest BCUT2D eigenvalue weighted by Gasteiger charge is 2.33. The Hall–Kier alpha value is -0.240. The summed E-state index contributed by atoms with van der Waals surface area (Å²) in [7, 11) is 0. The van der Waals surface area contributed by atoms with Crippen LogP contribution in [0.25, 0.3) is 0 Å². The van der Waals surface area contributed by atoms with Crippen molar-refractivity contribution in [2.45, 2.75) is 116 Å². The van der Waals surface area contributed by atoms with Crippen LogP contribution in [-0.4, -0.2) is 11.1 Å². The zero-order chi connectivity index (χ0) is 17.0. The van der Waals surface area contributed by atoms with Gasteiger partial charge < -0.3 is 5.11 Å². The first-order valence-corrected chi connectivity index (χ1v) is 11.0. The van der Waals surface area contributed by atoms with E-state index in [1.807, 2.05) is 0 Å². The molecule has 0 spiro atoms. The highest BCUT2D eigenvalue weighted by Crippen LogP contribution is 2.37. The quantitative estimate of drug-likeness (QED) is 0.473. The van der Waals surface area contributed by atoms with Gasteiger partial charge in [-0.05, 0) is 24.7 Å². The predicted molar refractivity (Wildman–Crippen MR) is 108 cm³/mol. The van der Waals surface area contributed by atoms with Gasteiger partial charge in [-0.15, -0.1) is 12.4 Å². The summed E-state index contributed by atoms with van der Waals surface area (Å²) < 4.78 is 0. The third-order valence-corrected chi connectivity index (χ3v) is 6.53. The van der Waals surface area contributed by atoms with Gasteiger partial charge in [0.05, 0.1) is 5.92 Å². The standard InChI is InChI=1S/C22H40O2.ClH/c23-22(24)21-17-20(18-21)16-12-8-11-15-19-13-9-6-4-2-1-3-5-7-10-14-19;/h19-21H,1-18H2,(H,23,24);1H. The van der Waals surface area contributed by atoms with Crippen molar-refractivity contribution in [3.63, 3.8) is 0 Å². The van der Waals surface area contributed by atoms with Gasteiger partial charge in [0.2, 0.25) is 0 Å². The van der Waals surface area contributed by atoms with Crippen LogP contribution in [0.1, 0.15) is 116 Å². The van der Waals surface area contributed by atoms with E-state index in [0.29, 0.717) is 5.92 Å². The topological polar surface area (TPSA) is 37.3 Å². The summed E-state index contributed by atoms with van der Waals surface area (Å²) in [6, 6.07) is 0. The molecule has 0 amide bonds. The van der Waals surface area contributed by atoms with E-state index >= 15 is 0 Å². The first-order valence-electron chi connectivity index (χ1n) is 11.0. The van der Waals surface area contributed by atoms with E-state index < -0.39 is 5.97 Å². The molecule has 0 aliphatic heterocycles. The molecule has 2 nitrogen and oxygen atoms in total. The number of unbranched alkanes of at least 4 members (excludes halogenated alkanes) is 2. The summed E-state index contributed by atoms with van der Waals surface area (Å²) in [6.07, 6.45) is 24.8. The van der Waals surface area contributed by atoms with Gasteiger partial charge in [0.1, 0.15) is 0 Å². The van der Waals surface area contributed by atoms with E-state index in [9.17, 15) is 4.79 Å². The smallest absolute Gasteiger partial charge is 0.306 e. The summed E-state index contributed by atoms with van der Waals surface area (Å²) in [6.45, 7) is 0. The minimum Gasteiger partial charge on any atom is -0.481 e.